The van der Waals surface area contributed by atoms with E-state index in [9.17, 15) is 13.2 Å². The van der Waals surface area contributed by atoms with Crippen LogP contribution in [0, 0.1) is 0 Å². The van der Waals surface area contributed by atoms with E-state index in [2.05, 4.69) is 4.99 Å². The number of methoxy groups -OCH3 is 1. The maximum atomic E-state index is 11.9. The molecule has 0 aromatic heterocycles. The molecule has 0 unspecified atom stereocenters. The molecule has 1 aromatic rings. The number of carbonyl (C=O) groups excluding carboxylic acids is 1. The van der Waals surface area contributed by atoms with Crippen LogP contribution in [-0.4, -0.2) is 27.9 Å². The van der Waals surface area contributed by atoms with Gasteiger partial charge in [-0.2, -0.15) is 4.99 Å². The summed E-state index contributed by atoms with van der Waals surface area (Å²) >= 11 is 6.10. The Bertz CT molecular complexity index is 689. The maximum Gasteiger partial charge on any atom is 0.235 e. The minimum Gasteiger partial charge on any atom is -0.494 e. The summed E-state index contributed by atoms with van der Waals surface area (Å²) in [6, 6.07) is 3.09. The molecule has 0 heterocycles. The molecule has 5 nitrogen and oxygen atoms in total. The summed E-state index contributed by atoms with van der Waals surface area (Å²) in [6.07, 6.45) is 4.92. The summed E-state index contributed by atoms with van der Waals surface area (Å²) in [5.74, 6) is 0.113. The smallest absolute Gasteiger partial charge is 0.235 e. The van der Waals surface area contributed by atoms with Crippen molar-refractivity contribution in [1.29, 1.82) is 0 Å². The molecule has 1 saturated carbocycles. The summed E-state index contributed by atoms with van der Waals surface area (Å²) in [6.45, 7) is 0. The third-order valence-electron chi connectivity index (χ3n) is 3.59. The fourth-order valence-corrected chi connectivity index (χ4v) is 3.60. The van der Waals surface area contributed by atoms with Gasteiger partial charge in [0.15, 0.2) is 15.6 Å². The molecule has 0 spiro atoms. The fraction of sp³-hybridized carbons (Fsp3) is 0.462. The zero-order chi connectivity index (χ0) is 15.0. The largest absolute Gasteiger partial charge is 0.494 e. The molecule has 108 valence electrons. The van der Waals surface area contributed by atoms with Gasteiger partial charge >= 0.3 is 0 Å². The topological polar surface area (TPSA) is 72.8 Å². The SMILES string of the molecule is COc1c(Cl)cc(C2(N=C=O)CCC2)cc1S(C)(=O)=O. The van der Waals surface area contributed by atoms with Crippen LogP contribution in [0.5, 0.6) is 5.75 Å². The third kappa shape index (κ3) is 2.46. The number of rotatable bonds is 4. The maximum absolute atomic E-state index is 11.9. The van der Waals surface area contributed by atoms with Crippen molar-refractivity contribution in [3.8, 4) is 5.75 Å². The molecule has 0 radical (unpaired) electrons. The van der Waals surface area contributed by atoms with E-state index in [-0.39, 0.29) is 15.7 Å². The number of isocyanates is 1. The van der Waals surface area contributed by atoms with E-state index in [4.69, 9.17) is 16.3 Å². The highest BCUT2D eigenvalue weighted by Crippen LogP contribution is 2.47. The van der Waals surface area contributed by atoms with Crippen LogP contribution in [0.3, 0.4) is 0 Å². The van der Waals surface area contributed by atoms with Crippen LogP contribution in [0.1, 0.15) is 24.8 Å². The molecule has 1 aromatic carbocycles. The zero-order valence-corrected chi connectivity index (χ0v) is 12.7. The highest BCUT2D eigenvalue weighted by molar-refractivity contribution is 7.90. The lowest BCUT2D eigenvalue weighted by molar-refractivity contribution is 0.255. The molecule has 1 aliphatic rings. The van der Waals surface area contributed by atoms with Crippen molar-refractivity contribution in [3.05, 3.63) is 22.7 Å². The van der Waals surface area contributed by atoms with Crippen LogP contribution >= 0.6 is 11.6 Å². The van der Waals surface area contributed by atoms with E-state index < -0.39 is 15.4 Å². The number of nitrogens with zero attached hydrogens (tertiary/aromatic N) is 1. The average molecular weight is 316 g/mol. The Morgan fingerprint density at radius 1 is 1.40 bits per heavy atom. The van der Waals surface area contributed by atoms with Crippen molar-refractivity contribution in [2.75, 3.05) is 13.4 Å². The number of hydrogen-bond donors (Lipinski definition) is 0. The van der Waals surface area contributed by atoms with Crippen molar-refractivity contribution in [3.63, 3.8) is 0 Å². The summed E-state index contributed by atoms with van der Waals surface area (Å²) < 4.78 is 28.8. The van der Waals surface area contributed by atoms with Gasteiger partial charge in [0.2, 0.25) is 6.08 Å². The molecular formula is C13H14ClNO4S. The Morgan fingerprint density at radius 2 is 2.05 bits per heavy atom. The van der Waals surface area contributed by atoms with Crippen LogP contribution in [0.2, 0.25) is 5.02 Å². The summed E-state index contributed by atoms with van der Waals surface area (Å²) in [5.41, 5.74) is -0.0878. The lowest BCUT2D eigenvalue weighted by atomic mass is 9.72. The van der Waals surface area contributed by atoms with Gasteiger partial charge in [0.05, 0.1) is 17.7 Å². The number of sulfone groups is 1. The van der Waals surface area contributed by atoms with Gasteiger partial charge in [0.1, 0.15) is 4.90 Å². The van der Waals surface area contributed by atoms with Crippen molar-refractivity contribution in [2.24, 2.45) is 4.99 Å². The van der Waals surface area contributed by atoms with Gasteiger partial charge in [-0.25, -0.2) is 13.2 Å². The fourth-order valence-electron chi connectivity index (χ4n) is 2.37. The predicted octanol–water partition coefficient (Wildman–Crippen LogP) is 2.47. The predicted molar refractivity (Wildman–Crippen MR) is 74.8 cm³/mol. The molecule has 0 bridgehead atoms. The van der Waals surface area contributed by atoms with E-state index in [1.807, 2.05) is 0 Å². The van der Waals surface area contributed by atoms with Gasteiger partial charge in [-0.05, 0) is 37.0 Å². The second-order valence-electron chi connectivity index (χ2n) is 4.85. The summed E-state index contributed by atoms with van der Waals surface area (Å²) in [5, 5.41) is 0.192. The molecule has 0 atom stereocenters. The van der Waals surface area contributed by atoms with Crippen molar-refractivity contribution < 1.29 is 17.9 Å². The minimum atomic E-state index is -3.50. The first kappa shape index (κ1) is 15.0. The van der Waals surface area contributed by atoms with E-state index in [1.165, 1.54) is 13.2 Å². The van der Waals surface area contributed by atoms with E-state index in [1.54, 1.807) is 12.1 Å². The summed E-state index contributed by atoms with van der Waals surface area (Å²) in [4.78, 5) is 14.5. The second-order valence-corrected chi connectivity index (χ2v) is 7.24. The number of halogens is 1. The van der Waals surface area contributed by atoms with Gasteiger partial charge in [0, 0.05) is 6.26 Å². The van der Waals surface area contributed by atoms with E-state index >= 15 is 0 Å². The molecule has 1 aliphatic carbocycles. The number of aliphatic imine (C=N–C) groups is 1. The van der Waals surface area contributed by atoms with Gasteiger partial charge in [0.25, 0.3) is 0 Å². The average Bonchev–Trinajstić information content (AvgIpc) is 2.31. The van der Waals surface area contributed by atoms with Crippen molar-refractivity contribution in [2.45, 2.75) is 29.7 Å². The number of benzene rings is 1. The van der Waals surface area contributed by atoms with Gasteiger partial charge in [-0.1, -0.05) is 11.6 Å². The molecule has 0 amide bonds. The van der Waals surface area contributed by atoms with E-state index in [0.717, 1.165) is 12.7 Å². The van der Waals surface area contributed by atoms with Crippen LogP contribution < -0.4 is 4.74 Å². The Labute approximate surface area is 122 Å². The quantitative estimate of drug-likeness (QED) is 0.632. The molecule has 7 heteroatoms. The van der Waals surface area contributed by atoms with E-state index in [0.29, 0.717) is 18.4 Å². The molecule has 0 saturated heterocycles. The Morgan fingerprint density at radius 3 is 2.45 bits per heavy atom. The van der Waals surface area contributed by atoms with Crippen molar-refractivity contribution in [1.82, 2.24) is 0 Å². The number of ether oxygens (including phenoxy) is 1. The van der Waals surface area contributed by atoms with Gasteiger partial charge < -0.3 is 4.74 Å². The molecule has 0 N–H and O–H groups in total. The second kappa shape index (κ2) is 5.20. The minimum absolute atomic E-state index is 0.00914. The Kier molecular flexibility index (Phi) is 3.91. The lowest BCUT2D eigenvalue weighted by Gasteiger charge is -2.37. The molecule has 20 heavy (non-hydrogen) atoms. The third-order valence-corrected chi connectivity index (χ3v) is 4.97. The first-order valence-corrected chi connectivity index (χ1v) is 8.28. The van der Waals surface area contributed by atoms with Gasteiger partial charge in [-0.15, -0.1) is 0 Å². The highest BCUT2D eigenvalue weighted by atomic mass is 35.5. The Hall–Kier alpha value is -1.36. The van der Waals surface area contributed by atoms with Crippen LogP contribution in [-0.2, 0) is 20.2 Å². The molecular weight excluding hydrogens is 302 g/mol. The standard InChI is InChI=1S/C13H14ClNO4S/c1-19-12-10(14)6-9(7-11(12)20(2,17)18)13(15-8-16)4-3-5-13/h6-7H,3-5H2,1-2H3. The monoisotopic (exact) mass is 315 g/mol. The number of hydrogen-bond acceptors (Lipinski definition) is 5. The van der Waals surface area contributed by atoms with Gasteiger partial charge in [-0.3, -0.25) is 0 Å². The lowest BCUT2D eigenvalue weighted by Crippen LogP contribution is -2.32. The normalized spacial score (nSPS) is 16.9. The summed E-state index contributed by atoms with van der Waals surface area (Å²) in [7, 11) is -2.14. The molecule has 1 fully saturated rings. The molecule has 0 aliphatic heterocycles. The first-order chi connectivity index (χ1) is 9.34. The zero-order valence-electron chi connectivity index (χ0n) is 11.1. The molecule has 2 rings (SSSR count). The van der Waals surface area contributed by atoms with Crippen LogP contribution in [0.25, 0.3) is 0 Å². The Balaban J connectivity index is 2.69. The highest BCUT2D eigenvalue weighted by Gasteiger charge is 2.40. The van der Waals surface area contributed by atoms with Crippen molar-refractivity contribution >= 4 is 27.5 Å². The van der Waals surface area contributed by atoms with Crippen LogP contribution in [0.4, 0.5) is 0 Å². The van der Waals surface area contributed by atoms with Crippen LogP contribution in [0.15, 0.2) is 22.0 Å². The first-order valence-electron chi connectivity index (χ1n) is 6.01.